The highest BCUT2D eigenvalue weighted by molar-refractivity contribution is 6.62. The molecule has 1 saturated heterocycles. The second-order valence-electron chi connectivity index (χ2n) is 10.4. The highest BCUT2D eigenvalue weighted by Gasteiger charge is 2.52. The largest absolute Gasteiger partial charge is 0.495 e. The van der Waals surface area contributed by atoms with Crippen LogP contribution in [0, 0.1) is 0 Å². The van der Waals surface area contributed by atoms with E-state index >= 15 is 0 Å². The van der Waals surface area contributed by atoms with Crippen LogP contribution in [-0.4, -0.2) is 48.3 Å². The monoisotopic (exact) mass is 478 g/mol. The molecular weight excluding hydrogens is 447 g/mol. The Morgan fingerprint density at radius 3 is 2.57 bits per heavy atom. The van der Waals surface area contributed by atoms with Crippen molar-refractivity contribution in [2.24, 2.45) is 0 Å². The second-order valence-corrected chi connectivity index (χ2v) is 10.4. The fourth-order valence-electron chi connectivity index (χ4n) is 4.44. The molecule has 3 aliphatic rings. The first kappa shape index (κ1) is 23.8. The van der Waals surface area contributed by atoms with Gasteiger partial charge in [-0.05, 0) is 69.6 Å². The van der Waals surface area contributed by atoms with Gasteiger partial charge in [-0.25, -0.2) is 4.98 Å². The quantitative estimate of drug-likeness (QED) is 0.481. The molecule has 0 atom stereocenters. The lowest BCUT2D eigenvalue weighted by molar-refractivity contribution is -0.142. The van der Waals surface area contributed by atoms with Gasteiger partial charge in [0.15, 0.2) is 11.4 Å². The summed E-state index contributed by atoms with van der Waals surface area (Å²) in [6.07, 6.45) is 4.07. The van der Waals surface area contributed by atoms with Crippen molar-refractivity contribution >= 4 is 30.1 Å². The molecule has 0 spiro atoms. The third-order valence-electron chi connectivity index (χ3n) is 7.35. The molecule has 35 heavy (non-hydrogen) atoms. The second kappa shape index (κ2) is 8.64. The summed E-state index contributed by atoms with van der Waals surface area (Å²) in [5.41, 5.74) is 2.31. The number of aromatic nitrogens is 1. The normalized spacial score (nSPS) is 20.8. The molecule has 2 aliphatic heterocycles. The highest BCUT2D eigenvalue weighted by atomic mass is 16.7. The lowest BCUT2D eigenvalue weighted by Gasteiger charge is -2.32. The SMILES string of the molecule is CC(=O)OCc1c(B2OC(C)(C)C(C)(C)O2)cccc1N1CCOc2cc(C3CC3)cnc2C1=O. The highest BCUT2D eigenvalue weighted by Crippen LogP contribution is 2.42. The molecule has 1 aliphatic carbocycles. The van der Waals surface area contributed by atoms with Crippen molar-refractivity contribution in [3.8, 4) is 5.75 Å². The number of benzene rings is 1. The Bertz CT molecular complexity index is 1160. The van der Waals surface area contributed by atoms with E-state index in [9.17, 15) is 9.59 Å². The van der Waals surface area contributed by atoms with Crippen LogP contribution in [0.3, 0.4) is 0 Å². The van der Waals surface area contributed by atoms with E-state index in [0.29, 0.717) is 36.1 Å². The average molecular weight is 478 g/mol. The number of hydrogen-bond acceptors (Lipinski definition) is 7. The van der Waals surface area contributed by atoms with Crippen molar-refractivity contribution < 1.29 is 28.4 Å². The summed E-state index contributed by atoms with van der Waals surface area (Å²) in [5.74, 6) is 0.364. The number of rotatable bonds is 5. The van der Waals surface area contributed by atoms with Crippen LogP contribution in [0.25, 0.3) is 0 Å². The van der Waals surface area contributed by atoms with Crippen molar-refractivity contribution in [3.05, 3.63) is 47.3 Å². The molecular formula is C26H31BN2O6. The van der Waals surface area contributed by atoms with E-state index < -0.39 is 24.3 Å². The molecule has 1 amide bonds. The molecule has 1 saturated carbocycles. The zero-order valence-corrected chi connectivity index (χ0v) is 20.9. The number of anilines is 1. The van der Waals surface area contributed by atoms with E-state index in [2.05, 4.69) is 4.98 Å². The van der Waals surface area contributed by atoms with E-state index in [1.165, 1.54) is 6.92 Å². The Morgan fingerprint density at radius 2 is 1.91 bits per heavy atom. The van der Waals surface area contributed by atoms with Gasteiger partial charge in [0.1, 0.15) is 13.2 Å². The van der Waals surface area contributed by atoms with E-state index in [4.69, 9.17) is 18.8 Å². The first-order valence-corrected chi connectivity index (χ1v) is 12.1. The van der Waals surface area contributed by atoms with E-state index in [0.717, 1.165) is 23.9 Å². The van der Waals surface area contributed by atoms with Crippen molar-refractivity contribution in [3.63, 3.8) is 0 Å². The van der Waals surface area contributed by atoms with Crippen LogP contribution < -0.4 is 15.1 Å². The molecule has 0 radical (unpaired) electrons. The van der Waals surface area contributed by atoms with Crippen molar-refractivity contribution in [2.75, 3.05) is 18.1 Å². The topological polar surface area (TPSA) is 87.2 Å². The van der Waals surface area contributed by atoms with Crippen LogP contribution >= 0.6 is 0 Å². The minimum Gasteiger partial charge on any atom is -0.489 e. The molecule has 1 aromatic carbocycles. The summed E-state index contributed by atoms with van der Waals surface area (Å²) in [6.45, 7) is 9.92. The van der Waals surface area contributed by atoms with Crippen LogP contribution in [0.2, 0.25) is 0 Å². The summed E-state index contributed by atoms with van der Waals surface area (Å²) in [5, 5.41) is 0. The first-order chi connectivity index (χ1) is 16.6. The fourth-order valence-corrected chi connectivity index (χ4v) is 4.44. The van der Waals surface area contributed by atoms with Crippen LogP contribution in [0.15, 0.2) is 30.5 Å². The van der Waals surface area contributed by atoms with Crippen molar-refractivity contribution in [1.29, 1.82) is 0 Å². The zero-order chi connectivity index (χ0) is 25.0. The maximum absolute atomic E-state index is 13.7. The number of nitrogens with zero attached hydrogens (tertiary/aromatic N) is 2. The van der Waals surface area contributed by atoms with Gasteiger partial charge >= 0.3 is 13.1 Å². The number of fused-ring (bicyclic) bond motifs is 1. The molecule has 8 nitrogen and oxygen atoms in total. The number of hydrogen-bond donors (Lipinski definition) is 0. The molecule has 0 unspecified atom stereocenters. The standard InChI is InChI=1S/C26H31BN2O6/c1-16(30)33-15-19-20(27-34-25(2,3)26(4,5)35-27)7-6-8-21(19)29-11-12-32-22-13-18(17-9-10-17)14-28-23(22)24(29)31/h6-8,13-14,17H,9-12,15H2,1-5H3. The van der Waals surface area contributed by atoms with Gasteiger partial charge in [0.05, 0.1) is 23.4 Å². The van der Waals surface area contributed by atoms with Crippen LogP contribution in [0.4, 0.5) is 5.69 Å². The third kappa shape index (κ3) is 4.43. The van der Waals surface area contributed by atoms with Gasteiger partial charge < -0.3 is 23.7 Å². The van der Waals surface area contributed by atoms with E-state index in [1.807, 2.05) is 52.0 Å². The summed E-state index contributed by atoms with van der Waals surface area (Å²) >= 11 is 0. The predicted octanol–water partition coefficient (Wildman–Crippen LogP) is 3.36. The maximum Gasteiger partial charge on any atom is 0.495 e. The summed E-state index contributed by atoms with van der Waals surface area (Å²) in [4.78, 5) is 31.5. The Kier molecular flexibility index (Phi) is 5.88. The van der Waals surface area contributed by atoms with Gasteiger partial charge in [0.2, 0.25) is 0 Å². The average Bonchev–Trinajstić information content (AvgIpc) is 3.62. The lowest BCUT2D eigenvalue weighted by atomic mass is 9.75. The molecule has 2 fully saturated rings. The summed E-state index contributed by atoms with van der Waals surface area (Å²) < 4.78 is 23.9. The van der Waals surface area contributed by atoms with Gasteiger partial charge in [-0.3, -0.25) is 9.59 Å². The Labute approximate surface area is 206 Å². The maximum atomic E-state index is 13.7. The predicted molar refractivity (Wildman–Crippen MR) is 131 cm³/mol. The first-order valence-electron chi connectivity index (χ1n) is 12.1. The van der Waals surface area contributed by atoms with E-state index in [1.54, 1.807) is 11.1 Å². The molecule has 184 valence electrons. The Morgan fingerprint density at radius 1 is 1.20 bits per heavy atom. The van der Waals surface area contributed by atoms with Gasteiger partial charge in [0, 0.05) is 18.7 Å². The van der Waals surface area contributed by atoms with Crippen molar-refractivity contribution in [1.82, 2.24) is 4.98 Å². The summed E-state index contributed by atoms with van der Waals surface area (Å²) in [6, 6.07) is 7.53. The van der Waals surface area contributed by atoms with E-state index in [-0.39, 0.29) is 18.2 Å². The molecule has 0 N–H and O–H groups in total. The molecule has 3 heterocycles. The van der Waals surface area contributed by atoms with Gasteiger partial charge in [-0.1, -0.05) is 12.1 Å². The zero-order valence-electron chi connectivity index (χ0n) is 20.9. The van der Waals surface area contributed by atoms with Crippen LogP contribution in [-0.2, 0) is 25.4 Å². The molecule has 5 rings (SSSR count). The number of esters is 1. The van der Waals surface area contributed by atoms with Gasteiger partial charge in [-0.15, -0.1) is 0 Å². The number of carbonyl (C=O) groups is 2. The summed E-state index contributed by atoms with van der Waals surface area (Å²) in [7, 11) is -0.671. The minimum atomic E-state index is -0.671. The van der Waals surface area contributed by atoms with Crippen LogP contribution in [0.1, 0.15) is 75.0 Å². The lowest BCUT2D eigenvalue weighted by Crippen LogP contribution is -2.41. The smallest absolute Gasteiger partial charge is 0.489 e. The Balaban J connectivity index is 1.54. The number of pyridine rings is 1. The van der Waals surface area contributed by atoms with Gasteiger partial charge in [0.25, 0.3) is 5.91 Å². The number of amides is 1. The van der Waals surface area contributed by atoms with Gasteiger partial charge in [-0.2, -0.15) is 0 Å². The minimum absolute atomic E-state index is 0.0174. The molecule has 2 aromatic rings. The number of ether oxygens (including phenoxy) is 2. The third-order valence-corrected chi connectivity index (χ3v) is 7.35. The fraction of sp³-hybridized carbons (Fsp3) is 0.500. The van der Waals surface area contributed by atoms with Crippen molar-refractivity contribution in [2.45, 2.75) is 71.2 Å². The molecule has 9 heteroatoms. The number of carbonyl (C=O) groups excluding carboxylic acids is 2. The van der Waals surface area contributed by atoms with Crippen LogP contribution in [0.5, 0.6) is 5.75 Å². The molecule has 1 aromatic heterocycles. The molecule has 0 bridgehead atoms. The Hall–Kier alpha value is -2.91.